The fraction of sp³-hybridized carbons (Fsp3) is 0.500. The van der Waals surface area contributed by atoms with Crippen molar-refractivity contribution in [2.24, 2.45) is 0 Å². The van der Waals surface area contributed by atoms with Crippen LogP contribution in [0.25, 0.3) is 11.2 Å². The van der Waals surface area contributed by atoms with E-state index in [1.807, 2.05) is 0 Å². The minimum atomic E-state index is -0.698. The summed E-state index contributed by atoms with van der Waals surface area (Å²) in [6, 6.07) is 0. The number of aliphatic hydroxyl groups is 2. The number of nitrogens with zero attached hydrogens (tertiary/aromatic N) is 4. The molecule has 0 aromatic carbocycles. The van der Waals surface area contributed by atoms with Crippen LogP contribution in [0.4, 0.5) is 5.82 Å². The zero-order valence-electron chi connectivity index (χ0n) is 9.97. The van der Waals surface area contributed by atoms with Gasteiger partial charge in [-0.3, -0.25) is 4.57 Å². The second kappa shape index (κ2) is 5.05. The van der Waals surface area contributed by atoms with Gasteiger partial charge >= 0.3 is 0 Å². The second-order valence-corrected chi connectivity index (χ2v) is 4.20. The first-order valence-corrected chi connectivity index (χ1v) is 5.58. The topological polar surface area (TPSA) is 151 Å². The first-order chi connectivity index (χ1) is 8.70. The predicted molar refractivity (Wildman–Crippen MR) is 65.0 cm³/mol. The molecule has 0 radical (unpaired) electrons. The third-order valence-electron chi connectivity index (χ3n) is 3.08. The summed E-state index contributed by atoms with van der Waals surface area (Å²) in [6.45, 7) is -0.221. The highest BCUT2D eigenvalue weighted by molar-refractivity contribution is 5.81. The molecule has 1 saturated heterocycles. The van der Waals surface area contributed by atoms with Crippen molar-refractivity contribution in [1.29, 1.82) is 0 Å². The van der Waals surface area contributed by atoms with Gasteiger partial charge in [0.2, 0.25) is 0 Å². The summed E-state index contributed by atoms with van der Waals surface area (Å²) in [4.78, 5) is 12.1. The van der Waals surface area contributed by atoms with E-state index < -0.39 is 18.4 Å². The van der Waals surface area contributed by atoms with Gasteiger partial charge in [-0.25, -0.2) is 15.0 Å². The molecular formula is C10H15N5O4. The van der Waals surface area contributed by atoms with Crippen LogP contribution in [0, 0.1) is 0 Å². The Bertz CT molecular complexity index is 574. The molecule has 9 heteroatoms. The van der Waals surface area contributed by atoms with E-state index in [2.05, 4.69) is 15.0 Å². The van der Waals surface area contributed by atoms with Crippen molar-refractivity contribution in [3.8, 4) is 0 Å². The number of hydrogen-bond donors (Lipinski definition) is 3. The van der Waals surface area contributed by atoms with Gasteiger partial charge in [0.1, 0.15) is 24.2 Å². The quantitative estimate of drug-likeness (QED) is 0.583. The van der Waals surface area contributed by atoms with E-state index in [1.165, 1.54) is 6.33 Å². The average Bonchev–Trinajstić information content (AvgIpc) is 2.93. The maximum atomic E-state index is 9.71. The molecule has 2 aromatic rings. The van der Waals surface area contributed by atoms with E-state index in [-0.39, 0.29) is 12.1 Å². The number of anilines is 1. The zero-order valence-corrected chi connectivity index (χ0v) is 9.97. The first-order valence-electron chi connectivity index (χ1n) is 5.58. The largest absolute Gasteiger partial charge is 0.412 e. The minimum absolute atomic E-state index is 0. The predicted octanol–water partition coefficient (Wildman–Crippen LogP) is -1.78. The SMILES string of the molecule is Nc1ncnc2c1ncn2[C@@H]1C[C@@H](O)[C@H](CO)O1.O. The molecule has 1 aliphatic heterocycles. The minimum Gasteiger partial charge on any atom is -0.412 e. The van der Waals surface area contributed by atoms with Crippen LogP contribution in [0.2, 0.25) is 0 Å². The lowest BCUT2D eigenvalue weighted by molar-refractivity contribution is -0.0432. The standard InChI is InChI=1S/C10H13N5O3.H2O/c11-9-8-10(13-3-12-9)15(4-14-8)7-1-5(17)6(2-16)18-7;/h3-7,16-17H,1-2H2,(H2,11,12,13);1H2/t5-,6+,7+;/m1./s1. The normalized spacial score (nSPS) is 26.5. The lowest BCUT2D eigenvalue weighted by Gasteiger charge is -2.13. The highest BCUT2D eigenvalue weighted by atomic mass is 16.5. The Morgan fingerprint density at radius 2 is 2.21 bits per heavy atom. The molecular weight excluding hydrogens is 254 g/mol. The van der Waals surface area contributed by atoms with Gasteiger partial charge in [-0.1, -0.05) is 0 Å². The fourth-order valence-corrected chi connectivity index (χ4v) is 2.13. The number of aliphatic hydroxyl groups excluding tert-OH is 2. The van der Waals surface area contributed by atoms with Crippen LogP contribution >= 0.6 is 0 Å². The summed E-state index contributed by atoms with van der Waals surface area (Å²) in [5.74, 6) is 0.302. The molecule has 0 amide bonds. The molecule has 6 N–H and O–H groups in total. The number of rotatable bonds is 2. The van der Waals surface area contributed by atoms with Crippen LogP contribution in [0.1, 0.15) is 12.6 Å². The lowest BCUT2D eigenvalue weighted by Crippen LogP contribution is -2.24. The number of aromatic nitrogens is 4. The molecule has 19 heavy (non-hydrogen) atoms. The van der Waals surface area contributed by atoms with Crippen molar-refractivity contribution >= 4 is 17.0 Å². The van der Waals surface area contributed by atoms with Gasteiger partial charge in [-0.05, 0) is 0 Å². The van der Waals surface area contributed by atoms with E-state index in [4.69, 9.17) is 15.6 Å². The number of hydrogen-bond acceptors (Lipinski definition) is 7. The van der Waals surface area contributed by atoms with Crippen LogP contribution in [0.3, 0.4) is 0 Å². The van der Waals surface area contributed by atoms with Gasteiger partial charge in [-0.15, -0.1) is 0 Å². The highest BCUT2D eigenvalue weighted by Crippen LogP contribution is 2.30. The van der Waals surface area contributed by atoms with Crippen molar-refractivity contribution < 1.29 is 20.4 Å². The number of ether oxygens (including phenoxy) is 1. The van der Waals surface area contributed by atoms with Crippen LogP contribution in [-0.4, -0.2) is 54.0 Å². The second-order valence-electron chi connectivity index (χ2n) is 4.20. The van der Waals surface area contributed by atoms with E-state index in [0.717, 1.165) is 0 Å². The molecule has 0 spiro atoms. The highest BCUT2D eigenvalue weighted by Gasteiger charge is 2.35. The Kier molecular flexibility index (Phi) is 3.62. The van der Waals surface area contributed by atoms with Crippen molar-refractivity contribution in [2.45, 2.75) is 24.9 Å². The molecule has 0 unspecified atom stereocenters. The van der Waals surface area contributed by atoms with Gasteiger partial charge < -0.3 is 26.2 Å². The third-order valence-corrected chi connectivity index (χ3v) is 3.08. The third kappa shape index (κ3) is 2.12. The molecule has 3 heterocycles. The summed E-state index contributed by atoms with van der Waals surface area (Å²) in [5, 5.41) is 18.8. The van der Waals surface area contributed by atoms with Crippen molar-refractivity contribution in [1.82, 2.24) is 19.5 Å². The summed E-state index contributed by atoms with van der Waals surface area (Å²) in [6.07, 6.45) is 1.60. The fourth-order valence-electron chi connectivity index (χ4n) is 2.13. The van der Waals surface area contributed by atoms with Gasteiger partial charge in [0.15, 0.2) is 11.5 Å². The maximum absolute atomic E-state index is 9.71. The van der Waals surface area contributed by atoms with E-state index in [0.29, 0.717) is 23.4 Å². The average molecular weight is 269 g/mol. The Hall–Kier alpha value is -1.81. The van der Waals surface area contributed by atoms with Crippen molar-refractivity contribution in [3.63, 3.8) is 0 Å². The summed E-state index contributed by atoms with van der Waals surface area (Å²) in [7, 11) is 0. The molecule has 0 aliphatic carbocycles. The van der Waals surface area contributed by atoms with Gasteiger partial charge in [0, 0.05) is 6.42 Å². The molecule has 1 aliphatic rings. The molecule has 2 aromatic heterocycles. The number of fused-ring (bicyclic) bond motifs is 1. The van der Waals surface area contributed by atoms with E-state index in [1.54, 1.807) is 10.9 Å². The Labute approximate surface area is 108 Å². The van der Waals surface area contributed by atoms with Gasteiger partial charge in [0.25, 0.3) is 0 Å². The number of imidazole rings is 1. The van der Waals surface area contributed by atoms with Gasteiger partial charge in [0.05, 0.1) is 19.0 Å². The van der Waals surface area contributed by atoms with Gasteiger partial charge in [-0.2, -0.15) is 0 Å². The van der Waals surface area contributed by atoms with E-state index >= 15 is 0 Å². The molecule has 1 fully saturated rings. The van der Waals surface area contributed by atoms with E-state index in [9.17, 15) is 5.11 Å². The van der Waals surface area contributed by atoms with Crippen LogP contribution in [0.15, 0.2) is 12.7 Å². The van der Waals surface area contributed by atoms with Crippen LogP contribution < -0.4 is 5.73 Å². The molecule has 0 saturated carbocycles. The Morgan fingerprint density at radius 1 is 1.42 bits per heavy atom. The van der Waals surface area contributed by atoms with Crippen molar-refractivity contribution in [3.05, 3.63) is 12.7 Å². The van der Waals surface area contributed by atoms with Crippen LogP contribution in [-0.2, 0) is 4.74 Å². The summed E-state index contributed by atoms with van der Waals surface area (Å²) >= 11 is 0. The number of nitrogen functional groups attached to an aromatic ring is 1. The zero-order chi connectivity index (χ0) is 12.7. The lowest BCUT2D eigenvalue weighted by atomic mass is 10.2. The monoisotopic (exact) mass is 269 g/mol. The Balaban J connectivity index is 0.00000133. The molecule has 3 rings (SSSR count). The number of nitrogens with two attached hydrogens (primary N) is 1. The summed E-state index contributed by atoms with van der Waals surface area (Å²) in [5.41, 5.74) is 6.75. The first kappa shape index (κ1) is 13.6. The maximum Gasteiger partial charge on any atom is 0.167 e. The van der Waals surface area contributed by atoms with Crippen LogP contribution in [0.5, 0.6) is 0 Å². The Morgan fingerprint density at radius 3 is 2.89 bits per heavy atom. The molecule has 9 nitrogen and oxygen atoms in total. The molecule has 0 bridgehead atoms. The van der Waals surface area contributed by atoms with Crippen molar-refractivity contribution in [2.75, 3.05) is 12.3 Å². The molecule has 3 atom stereocenters. The smallest absolute Gasteiger partial charge is 0.167 e. The summed E-state index contributed by atoms with van der Waals surface area (Å²) < 4.78 is 7.22. The molecule has 104 valence electrons.